The van der Waals surface area contributed by atoms with E-state index in [0.717, 1.165) is 25.9 Å². The maximum absolute atomic E-state index is 11.6. The quantitative estimate of drug-likeness (QED) is 0.785. The summed E-state index contributed by atoms with van der Waals surface area (Å²) in [5, 5.41) is 3.28. The molecule has 1 rings (SSSR count). The molecule has 1 aliphatic heterocycles. The van der Waals surface area contributed by atoms with E-state index in [1.807, 2.05) is 20.8 Å². The van der Waals surface area contributed by atoms with E-state index in [0.29, 0.717) is 6.04 Å². The van der Waals surface area contributed by atoms with Gasteiger partial charge in [-0.3, -0.25) is 4.79 Å². The van der Waals surface area contributed by atoms with Crippen LogP contribution in [0.3, 0.4) is 0 Å². The molecule has 18 heavy (non-hydrogen) atoms. The van der Waals surface area contributed by atoms with Crippen LogP contribution in [0.2, 0.25) is 0 Å². The third-order valence-corrected chi connectivity index (χ3v) is 3.30. The largest absolute Gasteiger partial charge is 0.459 e. The molecule has 0 radical (unpaired) electrons. The van der Waals surface area contributed by atoms with E-state index in [9.17, 15) is 4.79 Å². The predicted molar refractivity (Wildman–Crippen MR) is 71.5 cm³/mol. The van der Waals surface area contributed by atoms with Crippen LogP contribution in [0.5, 0.6) is 0 Å². The van der Waals surface area contributed by atoms with Crippen LogP contribution in [0.25, 0.3) is 0 Å². The van der Waals surface area contributed by atoms with Gasteiger partial charge in [-0.2, -0.15) is 0 Å². The SMILES string of the molecule is CCC1(C)CC(NCC(=O)OC(C)(C)C)CCO1. The van der Waals surface area contributed by atoms with E-state index < -0.39 is 5.60 Å². The van der Waals surface area contributed by atoms with Gasteiger partial charge in [0.2, 0.25) is 0 Å². The van der Waals surface area contributed by atoms with E-state index in [1.54, 1.807) is 0 Å². The summed E-state index contributed by atoms with van der Waals surface area (Å²) in [7, 11) is 0. The summed E-state index contributed by atoms with van der Waals surface area (Å²) >= 11 is 0. The summed E-state index contributed by atoms with van der Waals surface area (Å²) in [6.45, 7) is 11.0. The van der Waals surface area contributed by atoms with Gasteiger partial charge in [0, 0.05) is 12.6 Å². The summed E-state index contributed by atoms with van der Waals surface area (Å²) in [6, 6.07) is 0.344. The average molecular weight is 257 g/mol. The first-order chi connectivity index (χ1) is 8.24. The Morgan fingerprint density at radius 1 is 1.50 bits per heavy atom. The van der Waals surface area contributed by atoms with Crippen molar-refractivity contribution in [3.05, 3.63) is 0 Å². The first-order valence-corrected chi connectivity index (χ1v) is 6.83. The minimum atomic E-state index is -0.410. The first kappa shape index (κ1) is 15.4. The van der Waals surface area contributed by atoms with Crippen molar-refractivity contribution in [2.75, 3.05) is 13.2 Å². The summed E-state index contributed by atoms with van der Waals surface area (Å²) in [5.74, 6) is -0.188. The van der Waals surface area contributed by atoms with Gasteiger partial charge in [-0.25, -0.2) is 0 Å². The number of carbonyl (C=O) groups excluding carboxylic acids is 1. The van der Waals surface area contributed by atoms with Crippen LogP contribution in [0.15, 0.2) is 0 Å². The van der Waals surface area contributed by atoms with Crippen molar-refractivity contribution >= 4 is 5.97 Å². The van der Waals surface area contributed by atoms with Crippen LogP contribution in [0.1, 0.15) is 53.9 Å². The van der Waals surface area contributed by atoms with Gasteiger partial charge in [0.25, 0.3) is 0 Å². The van der Waals surface area contributed by atoms with Crippen LogP contribution >= 0.6 is 0 Å². The second-order valence-electron chi connectivity index (χ2n) is 6.31. The molecule has 106 valence electrons. The Kier molecular flexibility index (Phi) is 5.17. The number of rotatable bonds is 4. The molecule has 1 aliphatic rings. The molecule has 0 spiro atoms. The number of nitrogens with one attached hydrogen (secondary N) is 1. The zero-order valence-electron chi connectivity index (χ0n) is 12.3. The fourth-order valence-corrected chi connectivity index (χ4v) is 2.16. The lowest BCUT2D eigenvalue weighted by Crippen LogP contribution is -2.46. The Morgan fingerprint density at radius 2 is 2.17 bits per heavy atom. The standard InChI is InChI=1S/C14H27NO3/c1-6-14(5)9-11(7-8-17-14)15-10-12(16)18-13(2,3)4/h11,15H,6-10H2,1-5H3. The number of hydrogen-bond donors (Lipinski definition) is 1. The highest BCUT2D eigenvalue weighted by molar-refractivity contribution is 5.72. The Balaban J connectivity index is 2.33. The third kappa shape index (κ3) is 5.36. The summed E-state index contributed by atoms with van der Waals surface area (Å²) in [4.78, 5) is 11.6. The Labute approximate surface area is 110 Å². The minimum Gasteiger partial charge on any atom is -0.459 e. The van der Waals surface area contributed by atoms with Gasteiger partial charge in [0.05, 0.1) is 12.1 Å². The highest BCUT2D eigenvalue weighted by Gasteiger charge is 2.31. The molecule has 1 fully saturated rings. The molecule has 0 amide bonds. The molecule has 2 unspecified atom stereocenters. The number of hydrogen-bond acceptors (Lipinski definition) is 4. The van der Waals surface area contributed by atoms with Gasteiger partial charge < -0.3 is 14.8 Å². The summed E-state index contributed by atoms with van der Waals surface area (Å²) < 4.78 is 11.1. The van der Waals surface area contributed by atoms with Crippen LogP contribution in [-0.4, -0.2) is 36.4 Å². The van der Waals surface area contributed by atoms with Crippen LogP contribution in [-0.2, 0) is 14.3 Å². The first-order valence-electron chi connectivity index (χ1n) is 6.83. The molecule has 0 saturated carbocycles. The van der Waals surface area contributed by atoms with E-state index in [2.05, 4.69) is 19.2 Å². The molecule has 0 aromatic carbocycles. The molecular formula is C14H27NO3. The smallest absolute Gasteiger partial charge is 0.320 e. The van der Waals surface area contributed by atoms with Crippen molar-refractivity contribution in [2.45, 2.75) is 71.1 Å². The van der Waals surface area contributed by atoms with Crippen molar-refractivity contribution in [1.29, 1.82) is 0 Å². The van der Waals surface area contributed by atoms with Gasteiger partial charge >= 0.3 is 5.97 Å². The molecular weight excluding hydrogens is 230 g/mol. The number of carbonyl (C=O) groups is 1. The lowest BCUT2D eigenvalue weighted by Gasteiger charge is -2.38. The monoisotopic (exact) mass is 257 g/mol. The van der Waals surface area contributed by atoms with Crippen molar-refractivity contribution in [3.8, 4) is 0 Å². The zero-order valence-corrected chi connectivity index (χ0v) is 12.3. The summed E-state index contributed by atoms with van der Waals surface area (Å²) in [5.41, 5.74) is -0.462. The van der Waals surface area contributed by atoms with Crippen molar-refractivity contribution < 1.29 is 14.3 Å². The van der Waals surface area contributed by atoms with E-state index >= 15 is 0 Å². The maximum atomic E-state index is 11.6. The van der Waals surface area contributed by atoms with Gasteiger partial charge in [0.15, 0.2) is 0 Å². The minimum absolute atomic E-state index is 0.0517. The van der Waals surface area contributed by atoms with Gasteiger partial charge in [-0.05, 0) is 47.0 Å². The van der Waals surface area contributed by atoms with Gasteiger partial charge in [-0.1, -0.05) is 6.92 Å². The average Bonchev–Trinajstić information content (AvgIpc) is 2.24. The van der Waals surface area contributed by atoms with E-state index in [1.165, 1.54) is 0 Å². The van der Waals surface area contributed by atoms with Crippen LogP contribution < -0.4 is 5.32 Å². The lowest BCUT2D eigenvalue weighted by atomic mass is 9.90. The molecule has 0 aromatic heterocycles. The topological polar surface area (TPSA) is 47.6 Å². The number of esters is 1. The normalized spacial score (nSPS) is 29.1. The molecule has 0 bridgehead atoms. The fourth-order valence-electron chi connectivity index (χ4n) is 2.16. The van der Waals surface area contributed by atoms with Crippen LogP contribution in [0.4, 0.5) is 0 Å². The molecule has 2 atom stereocenters. The van der Waals surface area contributed by atoms with Crippen molar-refractivity contribution in [1.82, 2.24) is 5.32 Å². The summed E-state index contributed by atoms with van der Waals surface area (Å²) in [6.07, 6.45) is 2.91. The predicted octanol–water partition coefficient (Wildman–Crippen LogP) is 2.27. The van der Waals surface area contributed by atoms with Crippen LogP contribution in [0, 0.1) is 0 Å². The molecule has 0 aromatic rings. The molecule has 4 heteroatoms. The Morgan fingerprint density at radius 3 is 2.72 bits per heavy atom. The molecule has 1 N–H and O–H groups in total. The maximum Gasteiger partial charge on any atom is 0.320 e. The lowest BCUT2D eigenvalue weighted by molar-refractivity contribution is -0.154. The Hall–Kier alpha value is -0.610. The highest BCUT2D eigenvalue weighted by atomic mass is 16.6. The van der Waals surface area contributed by atoms with Gasteiger partial charge in [0.1, 0.15) is 5.60 Å². The van der Waals surface area contributed by atoms with E-state index in [-0.39, 0.29) is 18.1 Å². The number of ether oxygens (including phenoxy) is 2. The molecule has 0 aliphatic carbocycles. The third-order valence-electron chi connectivity index (χ3n) is 3.30. The Bertz CT molecular complexity index is 285. The molecule has 4 nitrogen and oxygen atoms in total. The van der Waals surface area contributed by atoms with Gasteiger partial charge in [-0.15, -0.1) is 0 Å². The highest BCUT2D eigenvalue weighted by Crippen LogP contribution is 2.27. The molecule has 1 heterocycles. The second kappa shape index (κ2) is 6.02. The zero-order chi connectivity index (χ0) is 13.8. The second-order valence-corrected chi connectivity index (χ2v) is 6.31. The fraction of sp³-hybridized carbons (Fsp3) is 0.929. The van der Waals surface area contributed by atoms with Crippen molar-refractivity contribution in [3.63, 3.8) is 0 Å². The van der Waals surface area contributed by atoms with Crippen molar-refractivity contribution in [2.24, 2.45) is 0 Å². The molecule has 1 saturated heterocycles. The van der Waals surface area contributed by atoms with E-state index in [4.69, 9.17) is 9.47 Å².